The summed E-state index contributed by atoms with van der Waals surface area (Å²) in [5.41, 5.74) is 0.104. The maximum Gasteiger partial charge on any atom is 0.236 e. The largest absolute Gasteiger partial charge is 0.339 e. The van der Waals surface area contributed by atoms with Crippen LogP contribution < -0.4 is 10.6 Å². The van der Waals surface area contributed by atoms with Gasteiger partial charge in [0.05, 0.1) is 6.54 Å². The molecule has 2 rings (SSSR count). The van der Waals surface area contributed by atoms with Gasteiger partial charge in [-0.15, -0.1) is 0 Å². The van der Waals surface area contributed by atoms with Gasteiger partial charge in [0.1, 0.15) is 0 Å². The van der Waals surface area contributed by atoms with Gasteiger partial charge in [0, 0.05) is 24.7 Å². The van der Waals surface area contributed by atoms with E-state index in [1.54, 1.807) is 0 Å². The number of carbonyl (C=O) groups excluding carboxylic acids is 1. The van der Waals surface area contributed by atoms with Gasteiger partial charge < -0.3 is 15.5 Å². The predicted molar refractivity (Wildman–Crippen MR) is 73.5 cm³/mol. The van der Waals surface area contributed by atoms with Gasteiger partial charge in [0.25, 0.3) is 0 Å². The molecule has 18 heavy (non-hydrogen) atoms. The Balaban J connectivity index is 1.82. The molecular weight excluding hydrogens is 226 g/mol. The van der Waals surface area contributed by atoms with E-state index in [9.17, 15) is 4.79 Å². The maximum atomic E-state index is 12.3. The van der Waals surface area contributed by atoms with Crippen molar-refractivity contribution in [1.29, 1.82) is 0 Å². The minimum atomic E-state index is 0.104. The minimum Gasteiger partial charge on any atom is -0.339 e. The number of hydrogen-bond acceptors (Lipinski definition) is 3. The molecule has 0 spiro atoms. The van der Waals surface area contributed by atoms with Crippen molar-refractivity contribution < 1.29 is 4.79 Å². The van der Waals surface area contributed by atoms with Crippen LogP contribution in [0.15, 0.2) is 0 Å². The number of nitrogens with one attached hydrogen (secondary N) is 2. The van der Waals surface area contributed by atoms with Crippen LogP contribution in [0.5, 0.6) is 0 Å². The van der Waals surface area contributed by atoms with E-state index >= 15 is 0 Å². The molecule has 0 aromatic rings. The van der Waals surface area contributed by atoms with Crippen LogP contribution in [0.4, 0.5) is 0 Å². The van der Waals surface area contributed by atoms with E-state index in [0.29, 0.717) is 12.6 Å². The second-order valence-electron chi connectivity index (χ2n) is 5.99. The smallest absolute Gasteiger partial charge is 0.236 e. The minimum absolute atomic E-state index is 0.104. The highest BCUT2D eigenvalue weighted by molar-refractivity contribution is 5.78. The molecule has 4 nitrogen and oxygen atoms in total. The van der Waals surface area contributed by atoms with Crippen LogP contribution >= 0.6 is 0 Å². The first-order valence-corrected chi connectivity index (χ1v) is 7.40. The van der Waals surface area contributed by atoms with Gasteiger partial charge in [-0.1, -0.05) is 6.92 Å². The van der Waals surface area contributed by atoms with Crippen molar-refractivity contribution in [1.82, 2.24) is 15.5 Å². The number of likely N-dealkylation sites (tertiary alicyclic amines) is 1. The molecule has 2 fully saturated rings. The lowest BCUT2D eigenvalue weighted by Gasteiger charge is -2.36. The molecule has 0 aliphatic carbocycles. The molecule has 2 heterocycles. The third kappa shape index (κ3) is 3.23. The van der Waals surface area contributed by atoms with Crippen LogP contribution in [0.25, 0.3) is 0 Å². The Morgan fingerprint density at radius 2 is 2.33 bits per heavy atom. The highest BCUT2D eigenvalue weighted by atomic mass is 16.2. The third-order valence-electron chi connectivity index (χ3n) is 4.45. The molecule has 0 radical (unpaired) electrons. The zero-order valence-electron chi connectivity index (χ0n) is 11.8. The van der Waals surface area contributed by atoms with Crippen molar-refractivity contribution in [2.75, 3.05) is 26.2 Å². The van der Waals surface area contributed by atoms with Gasteiger partial charge in [-0.25, -0.2) is 0 Å². The summed E-state index contributed by atoms with van der Waals surface area (Å²) in [6.07, 6.45) is 5.82. The van der Waals surface area contributed by atoms with Gasteiger partial charge in [-0.05, 0) is 45.6 Å². The quantitative estimate of drug-likeness (QED) is 0.789. The fourth-order valence-electron chi connectivity index (χ4n) is 3.11. The Bertz CT molecular complexity index is 287. The van der Waals surface area contributed by atoms with Crippen LogP contribution in [-0.2, 0) is 4.79 Å². The van der Waals surface area contributed by atoms with E-state index in [-0.39, 0.29) is 11.4 Å². The number of nitrogens with zero attached hydrogens (tertiary/aromatic N) is 1. The lowest BCUT2D eigenvalue weighted by atomic mass is 9.99. The topological polar surface area (TPSA) is 44.4 Å². The van der Waals surface area contributed by atoms with E-state index in [1.807, 2.05) is 0 Å². The Kier molecular flexibility index (Phi) is 4.62. The monoisotopic (exact) mass is 253 g/mol. The molecule has 0 aromatic carbocycles. The lowest BCUT2D eigenvalue weighted by molar-refractivity contribution is -0.134. The summed E-state index contributed by atoms with van der Waals surface area (Å²) in [6.45, 7) is 7.86. The van der Waals surface area contributed by atoms with E-state index in [4.69, 9.17) is 0 Å². The average Bonchev–Trinajstić information content (AvgIpc) is 2.83. The molecule has 2 N–H and O–H groups in total. The van der Waals surface area contributed by atoms with Crippen LogP contribution in [0, 0.1) is 0 Å². The molecule has 1 amide bonds. The summed E-state index contributed by atoms with van der Waals surface area (Å²) < 4.78 is 0. The van der Waals surface area contributed by atoms with Gasteiger partial charge >= 0.3 is 0 Å². The number of rotatable bonds is 4. The van der Waals surface area contributed by atoms with Gasteiger partial charge in [-0.3, -0.25) is 4.79 Å². The second kappa shape index (κ2) is 6.02. The normalized spacial score (nSPS) is 32.8. The molecule has 0 saturated carbocycles. The predicted octanol–water partition coefficient (Wildman–Crippen LogP) is 1.12. The molecule has 104 valence electrons. The highest BCUT2D eigenvalue weighted by Gasteiger charge is 2.30. The molecule has 2 aliphatic heterocycles. The maximum absolute atomic E-state index is 12.3. The molecule has 2 unspecified atom stereocenters. The molecule has 0 bridgehead atoms. The van der Waals surface area contributed by atoms with Crippen molar-refractivity contribution in [2.24, 2.45) is 0 Å². The van der Waals surface area contributed by atoms with E-state index < -0.39 is 0 Å². The Morgan fingerprint density at radius 3 is 3.00 bits per heavy atom. The van der Waals surface area contributed by atoms with E-state index in [1.165, 1.54) is 19.3 Å². The first-order valence-electron chi connectivity index (χ1n) is 7.40. The molecule has 4 heteroatoms. The molecule has 2 saturated heterocycles. The molecule has 0 aromatic heterocycles. The summed E-state index contributed by atoms with van der Waals surface area (Å²) in [7, 11) is 0. The fourth-order valence-corrected chi connectivity index (χ4v) is 3.11. The van der Waals surface area contributed by atoms with Crippen molar-refractivity contribution in [3.05, 3.63) is 0 Å². The molecular formula is C14H27N3O. The van der Waals surface area contributed by atoms with Crippen molar-refractivity contribution >= 4 is 5.91 Å². The number of hydrogen-bond donors (Lipinski definition) is 2. The Labute approximate surface area is 110 Å². The first-order chi connectivity index (χ1) is 8.64. The highest BCUT2D eigenvalue weighted by Crippen LogP contribution is 2.20. The van der Waals surface area contributed by atoms with Gasteiger partial charge in [0.15, 0.2) is 0 Å². The third-order valence-corrected chi connectivity index (χ3v) is 4.45. The summed E-state index contributed by atoms with van der Waals surface area (Å²) in [6, 6.07) is 0.475. The molecule has 2 atom stereocenters. The van der Waals surface area contributed by atoms with Crippen LogP contribution in [-0.4, -0.2) is 48.6 Å². The fraction of sp³-hybridized carbons (Fsp3) is 0.929. The van der Waals surface area contributed by atoms with Crippen molar-refractivity contribution in [2.45, 2.75) is 57.5 Å². The van der Waals surface area contributed by atoms with Crippen LogP contribution in [0.3, 0.4) is 0 Å². The first kappa shape index (κ1) is 13.8. The van der Waals surface area contributed by atoms with Crippen molar-refractivity contribution in [3.8, 4) is 0 Å². The van der Waals surface area contributed by atoms with Gasteiger partial charge in [-0.2, -0.15) is 0 Å². The summed E-state index contributed by atoms with van der Waals surface area (Å²) >= 11 is 0. The molecule has 2 aliphatic rings. The zero-order valence-corrected chi connectivity index (χ0v) is 11.8. The second-order valence-corrected chi connectivity index (χ2v) is 5.99. The van der Waals surface area contributed by atoms with Gasteiger partial charge in [0.2, 0.25) is 5.91 Å². The number of carbonyl (C=O) groups is 1. The number of amides is 1. The van der Waals surface area contributed by atoms with Crippen LogP contribution in [0.1, 0.15) is 46.0 Å². The Morgan fingerprint density at radius 1 is 1.50 bits per heavy atom. The standard InChI is InChI=1S/C14H27N3O/c1-3-12-6-4-5-9-17(12)13(18)10-16-14(2)7-8-15-11-14/h12,15-16H,3-11H2,1-2H3. The van der Waals surface area contributed by atoms with E-state index in [0.717, 1.165) is 32.5 Å². The summed E-state index contributed by atoms with van der Waals surface area (Å²) in [5.74, 6) is 0.287. The summed E-state index contributed by atoms with van der Waals surface area (Å²) in [4.78, 5) is 14.4. The SMILES string of the molecule is CCC1CCCCN1C(=O)CNC1(C)CCNC1. The van der Waals surface area contributed by atoms with E-state index in [2.05, 4.69) is 29.4 Å². The summed E-state index contributed by atoms with van der Waals surface area (Å²) in [5, 5.41) is 6.79. The zero-order chi connectivity index (χ0) is 13.0. The number of piperidine rings is 1. The van der Waals surface area contributed by atoms with Crippen molar-refractivity contribution in [3.63, 3.8) is 0 Å². The lowest BCUT2D eigenvalue weighted by Crippen LogP contribution is -2.52. The average molecular weight is 253 g/mol. The van der Waals surface area contributed by atoms with Crippen LogP contribution in [0.2, 0.25) is 0 Å². The Hall–Kier alpha value is -0.610.